The van der Waals surface area contributed by atoms with E-state index in [0.717, 1.165) is 35.2 Å². The number of nitrogens with one attached hydrogen (secondary N) is 1. The lowest BCUT2D eigenvalue weighted by molar-refractivity contribution is -0.121. The molecule has 2 aromatic heterocycles. The number of amides is 1. The minimum atomic E-state index is -0.278. The van der Waals surface area contributed by atoms with Crippen LogP contribution in [0.1, 0.15) is 29.3 Å². The van der Waals surface area contributed by atoms with Gasteiger partial charge in [-0.1, -0.05) is 19.1 Å². The zero-order valence-electron chi connectivity index (χ0n) is 15.7. The van der Waals surface area contributed by atoms with Crippen LogP contribution in [0.25, 0.3) is 10.2 Å². The Hall–Kier alpha value is -2.54. The minimum Gasteiger partial charge on any atom is -0.354 e. The van der Waals surface area contributed by atoms with Crippen LogP contribution < -0.4 is 10.9 Å². The number of rotatable bonds is 5. The molecule has 0 aliphatic heterocycles. The number of halogens is 1. The van der Waals surface area contributed by atoms with Crippen LogP contribution >= 0.6 is 11.3 Å². The van der Waals surface area contributed by atoms with Gasteiger partial charge in [-0.25, -0.2) is 9.37 Å². The Morgan fingerprint density at radius 2 is 2.14 bits per heavy atom. The predicted octanol–water partition coefficient (Wildman–Crippen LogP) is 3.08. The van der Waals surface area contributed by atoms with Gasteiger partial charge < -0.3 is 5.32 Å². The molecule has 0 bridgehead atoms. The summed E-state index contributed by atoms with van der Waals surface area (Å²) in [6, 6.07) is 6.20. The number of nitrogens with zero attached hydrogens (tertiary/aromatic N) is 2. The normalized spacial score (nSPS) is 16.1. The van der Waals surface area contributed by atoms with Gasteiger partial charge in [0.05, 0.1) is 11.7 Å². The van der Waals surface area contributed by atoms with Crippen molar-refractivity contribution in [2.75, 3.05) is 6.54 Å². The Kier molecular flexibility index (Phi) is 5.26. The van der Waals surface area contributed by atoms with E-state index in [1.165, 1.54) is 27.9 Å². The van der Waals surface area contributed by atoms with E-state index in [9.17, 15) is 14.0 Å². The molecular formula is C21H22FN3O2S. The van der Waals surface area contributed by atoms with Crippen molar-refractivity contribution < 1.29 is 9.18 Å². The van der Waals surface area contributed by atoms with Gasteiger partial charge in [0.2, 0.25) is 5.91 Å². The lowest BCUT2D eigenvalue weighted by Crippen LogP contribution is -2.33. The Morgan fingerprint density at radius 1 is 1.36 bits per heavy atom. The Balaban J connectivity index is 1.44. The molecule has 1 amide bonds. The average Bonchev–Trinajstić information content (AvgIpc) is 3.04. The number of aryl methyl sites for hydroxylation is 1. The van der Waals surface area contributed by atoms with Gasteiger partial charge in [-0.2, -0.15) is 0 Å². The molecule has 0 saturated heterocycles. The fraction of sp³-hybridized carbons (Fsp3) is 0.381. The summed E-state index contributed by atoms with van der Waals surface area (Å²) in [6.07, 6.45) is 5.06. The SMILES string of the molecule is C[C@@H]1CCc2c(sc3ncn(CC(=O)NCCc4ccc(F)cc4)c(=O)c23)C1. The van der Waals surface area contributed by atoms with Crippen molar-refractivity contribution in [2.24, 2.45) is 5.92 Å². The number of hydrogen-bond acceptors (Lipinski definition) is 4. The highest BCUT2D eigenvalue weighted by atomic mass is 32.1. The van der Waals surface area contributed by atoms with Crippen LogP contribution in [0.15, 0.2) is 35.4 Å². The van der Waals surface area contributed by atoms with Crippen LogP contribution in [-0.2, 0) is 30.6 Å². The second-order valence-electron chi connectivity index (χ2n) is 7.44. The number of aromatic nitrogens is 2. The largest absolute Gasteiger partial charge is 0.354 e. The van der Waals surface area contributed by atoms with E-state index in [-0.39, 0.29) is 23.8 Å². The number of carbonyl (C=O) groups excluding carboxylic acids is 1. The van der Waals surface area contributed by atoms with E-state index in [1.54, 1.807) is 23.5 Å². The zero-order valence-corrected chi connectivity index (χ0v) is 16.5. The summed E-state index contributed by atoms with van der Waals surface area (Å²) < 4.78 is 14.3. The van der Waals surface area contributed by atoms with Crippen LogP contribution in [-0.4, -0.2) is 22.0 Å². The minimum absolute atomic E-state index is 0.0494. The molecular weight excluding hydrogens is 377 g/mol. The standard InChI is InChI=1S/C21H22FN3O2S/c1-13-2-7-16-17(10-13)28-20-19(16)21(27)25(12-24-20)11-18(26)23-9-8-14-3-5-15(22)6-4-14/h3-6,12-13H,2,7-11H2,1H3,(H,23,26)/t13-/m1/s1. The Morgan fingerprint density at radius 3 is 2.93 bits per heavy atom. The quantitative estimate of drug-likeness (QED) is 0.717. The van der Waals surface area contributed by atoms with Crippen LogP contribution in [0, 0.1) is 11.7 Å². The first-order valence-electron chi connectivity index (χ1n) is 9.52. The van der Waals surface area contributed by atoms with Crippen molar-refractivity contribution in [3.63, 3.8) is 0 Å². The van der Waals surface area contributed by atoms with Crippen molar-refractivity contribution in [2.45, 2.75) is 39.2 Å². The van der Waals surface area contributed by atoms with Crippen molar-refractivity contribution in [3.8, 4) is 0 Å². The first kappa shape index (κ1) is 18.8. The predicted molar refractivity (Wildman–Crippen MR) is 108 cm³/mol. The number of carbonyl (C=O) groups is 1. The van der Waals surface area contributed by atoms with Crippen molar-refractivity contribution in [1.29, 1.82) is 0 Å². The van der Waals surface area contributed by atoms with E-state index in [2.05, 4.69) is 17.2 Å². The molecule has 0 radical (unpaired) electrons. The molecule has 1 aliphatic carbocycles. The van der Waals surface area contributed by atoms with Crippen molar-refractivity contribution in [3.05, 3.63) is 62.8 Å². The molecule has 28 heavy (non-hydrogen) atoms. The maximum Gasteiger partial charge on any atom is 0.262 e. The molecule has 5 nitrogen and oxygen atoms in total. The third kappa shape index (κ3) is 3.85. The second-order valence-corrected chi connectivity index (χ2v) is 8.52. The fourth-order valence-electron chi connectivity index (χ4n) is 3.69. The maximum atomic E-state index is 12.9. The van der Waals surface area contributed by atoms with Crippen molar-refractivity contribution in [1.82, 2.24) is 14.9 Å². The first-order chi connectivity index (χ1) is 13.5. The Bertz CT molecular complexity index is 1070. The molecule has 1 N–H and O–H groups in total. The van der Waals surface area contributed by atoms with Gasteiger partial charge in [-0.3, -0.25) is 14.2 Å². The molecule has 0 unspecified atom stereocenters. The fourth-order valence-corrected chi connectivity index (χ4v) is 5.03. The van der Waals surface area contributed by atoms with E-state index in [1.807, 2.05) is 0 Å². The van der Waals surface area contributed by atoms with E-state index >= 15 is 0 Å². The van der Waals surface area contributed by atoms with Gasteiger partial charge in [0, 0.05) is 11.4 Å². The van der Waals surface area contributed by atoms with E-state index in [0.29, 0.717) is 24.3 Å². The average molecular weight is 399 g/mol. The highest BCUT2D eigenvalue weighted by Crippen LogP contribution is 2.35. The molecule has 1 aromatic carbocycles. The van der Waals surface area contributed by atoms with Crippen LogP contribution in [0.4, 0.5) is 4.39 Å². The van der Waals surface area contributed by atoms with Gasteiger partial charge in [-0.15, -0.1) is 11.3 Å². The lowest BCUT2D eigenvalue weighted by atomic mass is 9.89. The maximum absolute atomic E-state index is 12.9. The number of hydrogen-bond donors (Lipinski definition) is 1. The van der Waals surface area contributed by atoms with Gasteiger partial charge in [0.25, 0.3) is 5.56 Å². The van der Waals surface area contributed by atoms with Crippen LogP contribution in [0.2, 0.25) is 0 Å². The number of benzene rings is 1. The zero-order chi connectivity index (χ0) is 19.7. The molecule has 0 fully saturated rings. The smallest absolute Gasteiger partial charge is 0.262 e. The third-order valence-corrected chi connectivity index (χ3v) is 6.41. The molecule has 0 spiro atoms. The van der Waals surface area contributed by atoms with Crippen LogP contribution in [0.3, 0.4) is 0 Å². The first-order valence-corrected chi connectivity index (χ1v) is 10.3. The molecule has 0 saturated carbocycles. The summed E-state index contributed by atoms with van der Waals surface area (Å²) in [5, 5.41) is 3.50. The molecule has 3 aromatic rings. The highest BCUT2D eigenvalue weighted by molar-refractivity contribution is 7.18. The third-order valence-electron chi connectivity index (χ3n) is 5.25. The number of thiophene rings is 1. The highest BCUT2D eigenvalue weighted by Gasteiger charge is 2.23. The van der Waals surface area contributed by atoms with Gasteiger partial charge in [0.15, 0.2) is 0 Å². The lowest BCUT2D eigenvalue weighted by Gasteiger charge is -2.17. The van der Waals surface area contributed by atoms with Crippen LogP contribution in [0.5, 0.6) is 0 Å². The summed E-state index contributed by atoms with van der Waals surface area (Å²) >= 11 is 1.61. The topological polar surface area (TPSA) is 64.0 Å². The molecule has 1 aliphatic rings. The van der Waals surface area contributed by atoms with E-state index < -0.39 is 0 Å². The molecule has 2 heterocycles. The molecule has 7 heteroatoms. The molecule has 1 atom stereocenters. The summed E-state index contributed by atoms with van der Waals surface area (Å²) in [6.45, 7) is 2.61. The molecule has 4 rings (SSSR count). The monoisotopic (exact) mass is 399 g/mol. The summed E-state index contributed by atoms with van der Waals surface area (Å²) in [7, 11) is 0. The Labute approximate surface area is 166 Å². The van der Waals surface area contributed by atoms with Gasteiger partial charge >= 0.3 is 0 Å². The summed E-state index contributed by atoms with van der Waals surface area (Å²) in [4.78, 5) is 31.6. The summed E-state index contributed by atoms with van der Waals surface area (Å²) in [5.74, 6) is 0.123. The number of fused-ring (bicyclic) bond motifs is 3. The molecule has 146 valence electrons. The van der Waals surface area contributed by atoms with E-state index in [4.69, 9.17) is 0 Å². The summed E-state index contributed by atoms with van der Waals surface area (Å²) in [5.41, 5.74) is 1.94. The van der Waals surface area contributed by atoms with Gasteiger partial charge in [-0.05, 0) is 54.9 Å². The van der Waals surface area contributed by atoms with Gasteiger partial charge in [0.1, 0.15) is 17.2 Å². The second kappa shape index (κ2) is 7.83. The van der Waals surface area contributed by atoms with Crippen molar-refractivity contribution >= 4 is 27.5 Å².